The number of nitrogens with zero attached hydrogens (tertiary/aromatic N) is 5. The number of rotatable bonds is 7. The number of nitrogens with two attached hydrogens (primary N) is 2. The van der Waals surface area contributed by atoms with Crippen LogP contribution in [0.2, 0.25) is 5.02 Å². The second kappa shape index (κ2) is 9.31. The van der Waals surface area contributed by atoms with Crippen LogP contribution in [0.4, 0.5) is 17.5 Å². The Labute approximate surface area is 189 Å². The van der Waals surface area contributed by atoms with E-state index in [1.807, 2.05) is 19.3 Å². The van der Waals surface area contributed by atoms with Gasteiger partial charge in [0.25, 0.3) is 0 Å². The van der Waals surface area contributed by atoms with Crippen molar-refractivity contribution in [2.45, 2.75) is 24.3 Å². The second-order valence-electron chi connectivity index (χ2n) is 7.37. The molecule has 0 radical (unpaired) electrons. The lowest BCUT2D eigenvalue weighted by molar-refractivity contribution is 0.0683. The second-order valence-corrected chi connectivity index (χ2v) is 7.78. The molecular formula is C19H23ClN10O2. The Bertz CT molecular complexity index is 1080. The number of nitriles is 1. The first-order valence-electron chi connectivity index (χ1n) is 9.80. The molecule has 0 aliphatic carbocycles. The van der Waals surface area contributed by atoms with Gasteiger partial charge in [0, 0.05) is 13.2 Å². The van der Waals surface area contributed by atoms with Gasteiger partial charge in [-0.3, -0.25) is 4.68 Å². The predicted octanol–water partition coefficient (Wildman–Crippen LogP) is 0.310. The zero-order chi connectivity index (χ0) is 22.7. The van der Waals surface area contributed by atoms with Crippen LogP contribution in [0.25, 0.3) is 0 Å². The highest BCUT2D eigenvalue weighted by Gasteiger charge is 2.48. The van der Waals surface area contributed by atoms with Crippen molar-refractivity contribution in [1.82, 2.24) is 25.1 Å². The average Bonchev–Trinajstić information content (AvgIpc) is 3.47. The molecule has 0 spiro atoms. The van der Waals surface area contributed by atoms with Gasteiger partial charge in [-0.2, -0.15) is 15.3 Å². The molecule has 168 valence electrons. The molecule has 4 atom stereocenters. The van der Waals surface area contributed by atoms with E-state index < -0.39 is 0 Å². The van der Waals surface area contributed by atoms with Gasteiger partial charge < -0.3 is 36.9 Å². The van der Waals surface area contributed by atoms with Gasteiger partial charge in [-0.05, 0) is 12.2 Å². The van der Waals surface area contributed by atoms with E-state index in [1.165, 1.54) is 18.3 Å². The van der Waals surface area contributed by atoms with Gasteiger partial charge in [0.15, 0.2) is 5.82 Å². The van der Waals surface area contributed by atoms with Crippen LogP contribution in [0.5, 0.6) is 0 Å². The molecule has 32 heavy (non-hydrogen) atoms. The van der Waals surface area contributed by atoms with Crippen molar-refractivity contribution in [3.05, 3.63) is 47.3 Å². The topological polar surface area (TPSA) is 174 Å². The maximum absolute atomic E-state index is 8.71. The number of hydrogen-bond donors (Lipinski definition) is 5. The fourth-order valence-corrected chi connectivity index (χ4v) is 3.69. The lowest BCUT2D eigenvalue weighted by Crippen LogP contribution is -2.43. The molecule has 2 aliphatic rings. The highest BCUT2D eigenvalue weighted by molar-refractivity contribution is 6.32. The van der Waals surface area contributed by atoms with Crippen molar-refractivity contribution in [2.75, 3.05) is 23.8 Å². The molecule has 2 saturated heterocycles. The molecule has 13 heteroatoms. The third-order valence-electron chi connectivity index (χ3n) is 5.00. The Hall–Kier alpha value is -3.53. The minimum atomic E-state index is -0.221. The van der Waals surface area contributed by atoms with E-state index in [0.29, 0.717) is 35.8 Å². The Morgan fingerprint density at radius 2 is 2.00 bits per heavy atom. The quantitative estimate of drug-likeness (QED) is 0.285. The Balaban J connectivity index is 1.39. The number of anilines is 3. The number of allylic oxidation sites excluding steroid dienone is 3. The summed E-state index contributed by atoms with van der Waals surface area (Å²) in [6.07, 6.45) is 7.54. The Kier molecular flexibility index (Phi) is 6.31. The lowest BCUT2D eigenvalue weighted by atomic mass is 10.1. The largest absolute Gasteiger partial charge is 0.390 e. The first-order valence-corrected chi connectivity index (χ1v) is 10.2. The highest BCUT2D eigenvalue weighted by Crippen LogP contribution is 2.31. The molecule has 4 heterocycles. The van der Waals surface area contributed by atoms with Gasteiger partial charge in [0.1, 0.15) is 29.0 Å². The van der Waals surface area contributed by atoms with Gasteiger partial charge in [-0.25, -0.2) is 4.98 Å². The van der Waals surface area contributed by atoms with Crippen molar-refractivity contribution in [1.29, 1.82) is 5.26 Å². The summed E-state index contributed by atoms with van der Waals surface area (Å²) in [7, 11) is 1.82. The molecule has 0 bridgehead atoms. The zero-order valence-electron chi connectivity index (χ0n) is 17.2. The average molecular weight is 459 g/mol. The number of fused-ring (bicyclic) bond motifs is 1. The van der Waals surface area contributed by atoms with E-state index in [1.54, 1.807) is 10.9 Å². The van der Waals surface area contributed by atoms with Crippen molar-refractivity contribution in [3.8, 4) is 6.07 Å². The number of aromatic nitrogens is 4. The van der Waals surface area contributed by atoms with E-state index in [4.69, 9.17) is 37.8 Å². The Morgan fingerprint density at radius 1 is 1.25 bits per heavy atom. The fourth-order valence-electron chi connectivity index (χ4n) is 3.54. The lowest BCUT2D eigenvalue weighted by Gasteiger charge is -2.19. The van der Waals surface area contributed by atoms with Crippen LogP contribution in [0.15, 0.2) is 42.3 Å². The third kappa shape index (κ3) is 4.86. The maximum Gasteiger partial charge on any atom is 0.229 e. The monoisotopic (exact) mass is 458 g/mol. The van der Waals surface area contributed by atoms with Crippen LogP contribution >= 0.6 is 11.6 Å². The smallest absolute Gasteiger partial charge is 0.229 e. The molecule has 4 unspecified atom stereocenters. The van der Waals surface area contributed by atoms with Gasteiger partial charge in [-0.15, -0.1) is 0 Å². The molecular weight excluding hydrogens is 436 g/mol. The van der Waals surface area contributed by atoms with Crippen LogP contribution < -0.4 is 27.4 Å². The zero-order valence-corrected chi connectivity index (χ0v) is 18.0. The molecule has 7 N–H and O–H groups in total. The van der Waals surface area contributed by atoms with Crippen molar-refractivity contribution in [2.24, 2.45) is 18.5 Å². The number of ether oxygens (including phenoxy) is 2. The van der Waals surface area contributed by atoms with Gasteiger partial charge in [0.05, 0.1) is 49.2 Å². The number of nitrogens with one attached hydrogen (secondary N) is 3. The van der Waals surface area contributed by atoms with E-state index in [0.717, 1.165) is 5.69 Å². The molecule has 4 rings (SSSR count). The molecule has 2 aliphatic heterocycles. The minimum Gasteiger partial charge on any atom is -0.390 e. The first kappa shape index (κ1) is 21.7. The number of aryl methyl sites for hydroxylation is 1. The Morgan fingerprint density at radius 3 is 2.72 bits per heavy atom. The SMILES string of the molecule is Cn1cc(Nc2ncc(Cl)c(NC3COC4C(N/C(N)=C/C=C(\N)C#N)COC34)n2)cn1. The molecule has 2 fully saturated rings. The van der Waals surface area contributed by atoms with Crippen LogP contribution in [0.3, 0.4) is 0 Å². The van der Waals surface area contributed by atoms with E-state index in [2.05, 4.69) is 31.0 Å². The third-order valence-corrected chi connectivity index (χ3v) is 5.28. The standard InChI is InChI=1S/C19H23ClN10O2/c1-30-7-11(5-25-30)26-19-24-6-12(20)18(29-19)28-14-9-32-16-13(8-31-17(14)16)27-15(23)3-2-10(22)4-21/h2-3,5-7,13-14,16-17,27H,8-9,22-23H2,1H3,(H2,24,26,28,29)/b10-2-,15-3+. The van der Waals surface area contributed by atoms with Crippen molar-refractivity contribution < 1.29 is 9.47 Å². The van der Waals surface area contributed by atoms with Crippen molar-refractivity contribution in [3.63, 3.8) is 0 Å². The summed E-state index contributed by atoms with van der Waals surface area (Å²) in [6, 6.07) is 1.51. The summed E-state index contributed by atoms with van der Waals surface area (Å²) in [5, 5.41) is 22.7. The summed E-state index contributed by atoms with van der Waals surface area (Å²) in [6.45, 7) is 0.814. The van der Waals surface area contributed by atoms with Crippen LogP contribution in [-0.4, -0.2) is 57.3 Å². The predicted molar refractivity (Wildman–Crippen MR) is 118 cm³/mol. The molecule has 0 saturated carbocycles. The van der Waals surface area contributed by atoms with Gasteiger partial charge >= 0.3 is 0 Å². The fraction of sp³-hybridized carbons (Fsp3) is 0.368. The summed E-state index contributed by atoms with van der Waals surface area (Å²) in [5.74, 6) is 1.22. The summed E-state index contributed by atoms with van der Waals surface area (Å²) in [4.78, 5) is 8.68. The summed E-state index contributed by atoms with van der Waals surface area (Å²) >= 11 is 6.31. The van der Waals surface area contributed by atoms with Crippen LogP contribution in [-0.2, 0) is 16.5 Å². The van der Waals surface area contributed by atoms with Gasteiger partial charge in [0.2, 0.25) is 5.95 Å². The minimum absolute atomic E-state index is 0.0656. The summed E-state index contributed by atoms with van der Waals surface area (Å²) < 4.78 is 13.6. The number of hydrogen-bond acceptors (Lipinski definition) is 11. The van der Waals surface area contributed by atoms with Crippen LogP contribution in [0, 0.1) is 11.3 Å². The van der Waals surface area contributed by atoms with E-state index >= 15 is 0 Å². The van der Waals surface area contributed by atoms with Crippen molar-refractivity contribution >= 4 is 29.1 Å². The maximum atomic E-state index is 8.71. The molecule has 2 aromatic rings. The first-order chi connectivity index (χ1) is 15.4. The normalized spacial score (nSPS) is 25.3. The van der Waals surface area contributed by atoms with E-state index in [-0.39, 0.29) is 30.0 Å². The molecule has 0 amide bonds. The van der Waals surface area contributed by atoms with Crippen LogP contribution in [0.1, 0.15) is 0 Å². The summed E-state index contributed by atoms with van der Waals surface area (Å²) in [5.41, 5.74) is 12.2. The molecule has 12 nitrogen and oxygen atoms in total. The molecule has 0 aromatic carbocycles. The highest BCUT2D eigenvalue weighted by atomic mass is 35.5. The van der Waals surface area contributed by atoms with Gasteiger partial charge in [-0.1, -0.05) is 11.6 Å². The van der Waals surface area contributed by atoms with E-state index in [9.17, 15) is 0 Å². The number of halogens is 1. The molecule has 2 aromatic heterocycles.